The number of para-hydroxylation sites is 4. The molecule has 4 rings (SSSR count). The Hall–Kier alpha value is -3.65. The van der Waals surface area contributed by atoms with E-state index in [2.05, 4.69) is 4.98 Å². The Balaban J connectivity index is 1.99. The highest BCUT2D eigenvalue weighted by atomic mass is 16.6. The van der Waals surface area contributed by atoms with E-state index < -0.39 is 5.97 Å². The molecule has 0 fully saturated rings. The summed E-state index contributed by atoms with van der Waals surface area (Å²) in [7, 11) is 1.54. The molecule has 8 heteroatoms. The van der Waals surface area contributed by atoms with Gasteiger partial charge in [0, 0.05) is 7.11 Å². The highest BCUT2D eigenvalue weighted by Crippen LogP contribution is 2.34. The number of esters is 1. The second kappa shape index (κ2) is 8.38. The van der Waals surface area contributed by atoms with Gasteiger partial charge in [0.05, 0.1) is 29.9 Å². The molecular formula is C22H22N4O4. The van der Waals surface area contributed by atoms with E-state index in [1.165, 1.54) is 7.11 Å². The number of benzene rings is 2. The minimum Gasteiger partial charge on any atom is -0.492 e. The molecule has 0 aliphatic rings. The van der Waals surface area contributed by atoms with Crippen LogP contribution in [0.3, 0.4) is 0 Å². The number of fused-ring (bicyclic) bond motifs is 2. The zero-order chi connectivity index (χ0) is 21.1. The van der Waals surface area contributed by atoms with Crippen LogP contribution in [0.4, 0.5) is 5.82 Å². The average Bonchev–Trinajstić information content (AvgIpc) is 3.03. The molecule has 0 amide bonds. The number of carbonyl (C=O) groups is 1. The van der Waals surface area contributed by atoms with Gasteiger partial charge in [0.25, 0.3) is 0 Å². The molecule has 2 aromatic heterocycles. The number of rotatable bonds is 7. The van der Waals surface area contributed by atoms with E-state index in [1.54, 1.807) is 4.57 Å². The van der Waals surface area contributed by atoms with Crippen LogP contribution in [0, 0.1) is 0 Å². The van der Waals surface area contributed by atoms with Crippen molar-refractivity contribution in [3.8, 4) is 11.4 Å². The normalized spacial score (nSPS) is 11.1. The smallest absolute Gasteiger partial charge is 0.344 e. The lowest BCUT2D eigenvalue weighted by Crippen LogP contribution is -2.12. The third-order valence-corrected chi connectivity index (χ3v) is 4.63. The van der Waals surface area contributed by atoms with E-state index in [1.807, 2.05) is 55.5 Å². The number of carbonyl (C=O) groups excluding carboxylic acids is 1. The number of anilines is 1. The van der Waals surface area contributed by atoms with Crippen LogP contribution in [-0.4, -0.2) is 47.4 Å². The zero-order valence-corrected chi connectivity index (χ0v) is 16.8. The summed E-state index contributed by atoms with van der Waals surface area (Å²) >= 11 is 0. The van der Waals surface area contributed by atoms with Gasteiger partial charge in [-0.15, -0.1) is 0 Å². The number of hydrogen-bond acceptors (Lipinski definition) is 7. The lowest BCUT2D eigenvalue weighted by molar-refractivity contribution is 0.0391. The molecule has 154 valence electrons. The fraction of sp³-hybridized carbons (Fsp3) is 0.227. The number of nitrogens with zero attached hydrogens (tertiary/aromatic N) is 3. The maximum absolute atomic E-state index is 12.9. The van der Waals surface area contributed by atoms with Gasteiger partial charge in [-0.25, -0.2) is 14.8 Å². The van der Waals surface area contributed by atoms with Gasteiger partial charge >= 0.3 is 5.97 Å². The Morgan fingerprint density at radius 3 is 2.47 bits per heavy atom. The van der Waals surface area contributed by atoms with Crippen LogP contribution in [0.2, 0.25) is 0 Å². The number of aromatic nitrogens is 3. The predicted molar refractivity (Wildman–Crippen MR) is 114 cm³/mol. The summed E-state index contributed by atoms with van der Waals surface area (Å²) in [5.74, 6) is 0.236. The van der Waals surface area contributed by atoms with Gasteiger partial charge in [0.15, 0.2) is 5.65 Å². The Morgan fingerprint density at radius 1 is 1.03 bits per heavy atom. The van der Waals surface area contributed by atoms with Gasteiger partial charge in [0.1, 0.15) is 29.3 Å². The van der Waals surface area contributed by atoms with E-state index in [0.717, 1.165) is 0 Å². The lowest BCUT2D eigenvalue weighted by atomic mass is 10.2. The second-order valence-corrected chi connectivity index (χ2v) is 6.51. The molecule has 0 atom stereocenters. The number of methoxy groups -OCH3 is 1. The van der Waals surface area contributed by atoms with Gasteiger partial charge in [-0.1, -0.05) is 24.3 Å². The zero-order valence-electron chi connectivity index (χ0n) is 16.8. The summed E-state index contributed by atoms with van der Waals surface area (Å²) < 4.78 is 17.8. The fourth-order valence-corrected chi connectivity index (χ4v) is 3.32. The highest BCUT2D eigenvalue weighted by molar-refractivity contribution is 6.09. The van der Waals surface area contributed by atoms with Crippen molar-refractivity contribution in [2.24, 2.45) is 0 Å². The molecule has 8 nitrogen and oxygen atoms in total. The quantitative estimate of drug-likeness (QED) is 0.371. The first-order valence-corrected chi connectivity index (χ1v) is 9.60. The summed E-state index contributed by atoms with van der Waals surface area (Å²) in [4.78, 5) is 22.3. The molecule has 4 aromatic rings. The van der Waals surface area contributed by atoms with E-state index in [4.69, 9.17) is 24.9 Å². The molecule has 0 bridgehead atoms. The van der Waals surface area contributed by atoms with Crippen LogP contribution in [0.5, 0.6) is 5.75 Å². The highest BCUT2D eigenvalue weighted by Gasteiger charge is 2.27. The maximum atomic E-state index is 12.9. The van der Waals surface area contributed by atoms with Gasteiger partial charge in [0.2, 0.25) is 0 Å². The first-order valence-electron chi connectivity index (χ1n) is 9.60. The molecule has 0 unspecified atom stereocenters. The number of nitrogens with two attached hydrogens (primary N) is 1. The van der Waals surface area contributed by atoms with Crippen LogP contribution in [0.1, 0.15) is 17.3 Å². The number of nitrogen functional groups attached to an aromatic ring is 1. The third kappa shape index (κ3) is 3.42. The van der Waals surface area contributed by atoms with Gasteiger partial charge in [-0.05, 0) is 31.2 Å². The van der Waals surface area contributed by atoms with Crippen LogP contribution in [0.15, 0.2) is 48.5 Å². The molecule has 0 aliphatic carbocycles. The second-order valence-electron chi connectivity index (χ2n) is 6.51. The Morgan fingerprint density at radius 2 is 1.73 bits per heavy atom. The first kappa shape index (κ1) is 19.7. The maximum Gasteiger partial charge on any atom is 0.344 e. The summed E-state index contributed by atoms with van der Waals surface area (Å²) in [6.45, 7) is 2.78. The van der Waals surface area contributed by atoms with Crippen molar-refractivity contribution in [1.29, 1.82) is 0 Å². The molecule has 0 aliphatic heterocycles. The van der Waals surface area contributed by atoms with Crippen molar-refractivity contribution >= 4 is 34.0 Å². The van der Waals surface area contributed by atoms with Crippen molar-refractivity contribution < 1.29 is 19.0 Å². The molecule has 0 saturated heterocycles. The predicted octanol–water partition coefficient (Wildman–Crippen LogP) is 3.36. The Kier molecular flexibility index (Phi) is 5.49. The summed E-state index contributed by atoms with van der Waals surface area (Å²) in [6, 6.07) is 14.9. The van der Waals surface area contributed by atoms with Crippen LogP contribution in [-0.2, 0) is 9.47 Å². The molecule has 2 N–H and O–H groups in total. The van der Waals surface area contributed by atoms with Gasteiger partial charge < -0.3 is 19.9 Å². The number of ether oxygens (including phenoxy) is 3. The van der Waals surface area contributed by atoms with Gasteiger partial charge in [-0.2, -0.15) is 0 Å². The molecule has 30 heavy (non-hydrogen) atoms. The lowest BCUT2D eigenvalue weighted by Gasteiger charge is -2.13. The van der Waals surface area contributed by atoms with Crippen molar-refractivity contribution in [2.45, 2.75) is 6.92 Å². The molecule has 0 radical (unpaired) electrons. The molecule has 0 spiro atoms. The minimum absolute atomic E-state index is 0.109. The van der Waals surface area contributed by atoms with Crippen LogP contribution in [0.25, 0.3) is 27.9 Å². The SMILES string of the molecule is CCOc1ccccc1-n1c(N)c(C(=O)OCCOC)c2nc3ccccc3nc21. The van der Waals surface area contributed by atoms with Crippen LogP contribution < -0.4 is 10.5 Å². The summed E-state index contributed by atoms with van der Waals surface area (Å²) in [5.41, 5.74) is 9.50. The van der Waals surface area contributed by atoms with E-state index >= 15 is 0 Å². The van der Waals surface area contributed by atoms with E-state index in [0.29, 0.717) is 40.2 Å². The Bertz CT molecular complexity index is 1220. The molecular weight excluding hydrogens is 384 g/mol. The van der Waals surface area contributed by atoms with Crippen molar-refractivity contribution in [2.75, 3.05) is 32.7 Å². The monoisotopic (exact) mass is 406 g/mol. The molecule has 2 heterocycles. The third-order valence-electron chi connectivity index (χ3n) is 4.63. The fourth-order valence-electron chi connectivity index (χ4n) is 3.32. The summed E-state index contributed by atoms with van der Waals surface area (Å²) in [6.07, 6.45) is 0. The minimum atomic E-state index is -0.577. The van der Waals surface area contributed by atoms with Crippen molar-refractivity contribution in [3.05, 3.63) is 54.1 Å². The standard InChI is InChI=1S/C22H22N4O4/c1-3-29-17-11-7-6-10-16(17)26-20(23)18(22(27)30-13-12-28-2)19-21(26)25-15-9-5-4-8-14(15)24-19/h4-11H,3,12-13,23H2,1-2H3. The largest absolute Gasteiger partial charge is 0.492 e. The first-order chi connectivity index (χ1) is 14.7. The van der Waals surface area contributed by atoms with E-state index in [-0.39, 0.29) is 24.6 Å². The van der Waals surface area contributed by atoms with Crippen molar-refractivity contribution in [3.63, 3.8) is 0 Å². The van der Waals surface area contributed by atoms with E-state index in [9.17, 15) is 4.79 Å². The Labute approximate surface area is 173 Å². The summed E-state index contributed by atoms with van der Waals surface area (Å²) in [5, 5.41) is 0. The van der Waals surface area contributed by atoms with Crippen LogP contribution >= 0.6 is 0 Å². The average molecular weight is 406 g/mol. The topological polar surface area (TPSA) is 101 Å². The van der Waals surface area contributed by atoms with Crippen molar-refractivity contribution in [1.82, 2.24) is 14.5 Å². The molecule has 0 saturated carbocycles. The molecule has 2 aromatic carbocycles. The van der Waals surface area contributed by atoms with Gasteiger partial charge in [-0.3, -0.25) is 4.57 Å². The number of hydrogen-bond donors (Lipinski definition) is 1.